The molecule has 84 valence electrons. The SMILES string of the molecule is CCCc1ccccc1C(C)(C)CNC. The maximum absolute atomic E-state index is 3.28. The van der Waals surface area contributed by atoms with Gasteiger partial charge < -0.3 is 5.32 Å². The van der Waals surface area contributed by atoms with Crippen LogP contribution in [0.5, 0.6) is 0 Å². The predicted molar refractivity (Wildman–Crippen MR) is 67.4 cm³/mol. The van der Waals surface area contributed by atoms with E-state index in [2.05, 4.69) is 50.4 Å². The first-order chi connectivity index (χ1) is 7.11. The Labute approximate surface area is 93.9 Å². The Morgan fingerprint density at radius 1 is 1.20 bits per heavy atom. The zero-order chi connectivity index (χ0) is 11.3. The van der Waals surface area contributed by atoms with Gasteiger partial charge in [0.2, 0.25) is 0 Å². The summed E-state index contributed by atoms with van der Waals surface area (Å²) in [6.45, 7) is 7.87. The van der Waals surface area contributed by atoms with Crippen molar-refractivity contribution in [2.75, 3.05) is 13.6 Å². The smallest absolute Gasteiger partial charge is 0.00402 e. The molecular formula is C14H23N. The molecule has 0 atom stereocenters. The van der Waals surface area contributed by atoms with Crippen molar-refractivity contribution in [3.63, 3.8) is 0 Å². The Kier molecular flexibility index (Phi) is 4.34. The van der Waals surface area contributed by atoms with Crippen LogP contribution in [0.3, 0.4) is 0 Å². The highest BCUT2D eigenvalue weighted by molar-refractivity contribution is 5.33. The van der Waals surface area contributed by atoms with Crippen LogP contribution in [0.1, 0.15) is 38.3 Å². The molecule has 0 aliphatic carbocycles. The first-order valence-corrected chi connectivity index (χ1v) is 5.85. The normalized spacial score (nSPS) is 11.7. The second kappa shape index (κ2) is 5.32. The topological polar surface area (TPSA) is 12.0 Å². The highest BCUT2D eigenvalue weighted by atomic mass is 14.8. The summed E-state index contributed by atoms with van der Waals surface area (Å²) in [6.07, 6.45) is 2.40. The molecule has 0 aliphatic heterocycles. The van der Waals surface area contributed by atoms with E-state index in [1.165, 1.54) is 24.0 Å². The zero-order valence-corrected chi connectivity index (χ0v) is 10.4. The third-order valence-electron chi connectivity index (χ3n) is 2.88. The van der Waals surface area contributed by atoms with Gasteiger partial charge in [0.15, 0.2) is 0 Å². The number of rotatable bonds is 5. The summed E-state index contributed by atoms with van der Waals surface area (Å²) >= 11 is 0. The third kappa shape index (κ3) is 3.07. The summed E-state index contributed by atoms with van der Waals surface area (Å²) in [6, 6.07) is 8.81. The van der Waals surface area contributed by atoms with Crippen LogP contribution in [-0.4, -0.2) is 13.6 Å². The van der Waals surface area contributed by atoms with Gasteiger partial charge in [-0.15, -0.1) is 0 Å². The van der Waals surface area contributed by atoms with E-state index in [0.717, 1.165) is 6.54 Å². The monoisotopic (exact) mass is 205 g/mol. The Hall–Kier alpha value is -0.820. The van der Waals surface area contributed by atoms with Crippen LogP contribution in [0.4, 0.5) is 0 Å². The summed E-state index contributed by atoms with van der Waals surface area (Å²) in [7, 11) is 2.02. The molecule has 0 aromatic heterocycles. The lowest BCUT2D eigenvalue weighted by Crippen LogP contribution is -2.31. The highest BCUT2D eigenvalue weighted by Crippen LogP contribution is 2.26. The number of likely N-dealkylation sites (N-methyl/N-ethyl adjacent to an activating group) is 1. The number of nitrogens with one attached hydrogen (secondary N) is 1. The molecule has 0 bridgehead atoms. The van der Waals surface area contributed by atoms with Gasteiger partial charge >= 0.3 is 0 Å². The molecule has 1 heteroatoms. The minimum Gasteiger partial charge on any atom is -0.319 e. The lowest BCUT2D eigenvalue weighted by atomic mass is 9.81. The van der Waals surface area contributed by atoms with Crippen molar-refractivity contribution >= 4 is 0 Å². The molecule has 0 spiro atoms. The first kappa shape index (κ1) is 12.3. The minimum absolute atomic E-state index is 0.223. The summed E-state index contributed by atoms with van der Waals surface area (Å²) < 4.78 is 0. The van der Waals surface area contributed by atoms with Crippen molar-refractivity contribution in [2.24, 2.45) is 0 Å². The van der Waals surface area contributed by atoms with Crippen molar-refractivity contribution in [3.8, 4) is 0 Å². The van der Waals surface area contributed by atoms with Crippen molar-refractivity contribution in [1.82, 2.24) is 5.32 Å². The van der Waals surface area contributed by atoms with Gasteiger partial charge in [0, 0.05) is 12.0 Å². The van der Waals surface area contributed by atoms with Gasteiger partial charge in [-0.25, -0.2) is 0 Å². The van der Waals surface area contributed by atoms with Crippen LogP contribution in [-0.2, 0) is 11.8 Å². The van der Waals surface area contributed by atoms with E-state index in [0.29, 0.717) is 0 Å². The Morgan fingerprint density at radius 3 is 2.47 bits per heavy atom. The maximum atomic E-state index is 3.28. The molecule has 0 fully saturated rings. The largest absolute Gasteiger partial charge is 0.319 e. The third-order valence-corrected chi connectivity index (χ3v) is 2.88. The molecule has 1 aromatic rings. The summed E-state index contributed by atoms with van der Waals surface area (Å²) in [5, 5.41) is 3.28. The van der Waals surface area contributed by atoms with E-state index in [1.807, 2.05) is 7.05 Å². The van der Waals surface area contributed by atoms with Gasteiger partial charge in [-0.2, -0.15) is 0 Å². The second-order valence-electron chi connectivity index (χ2n) is 4.82. The molecule has 0 radical (unpaired) electrons. The fourth-order valence-electron chi connectivity index (χ4n) is 2.21. The van der Waals surface area contributed by atoms with E-state index >= 15 is 0 Å². The zero-order valence-electron chi connectivity index (χ0n) is 10.4. The fraction of sp³-hybridized carbons (Fsp3) is 0.571. The first-order valence-electron chi connectivity index (χ1n) is 5.85. The van der Waals surface area contributed by atoms with Crippen LogP contribution >= 0.6 is 0 Å². The van der Waals surface area contributed by atoms with E-state index in [-0.39, 0.29) is 5.41 Å². The van der Waals surface area contributed by atoms with Crippen molar-refractivity contribution in [1.29, 1.82) is 0 Å². The lowest BCUT2D eigenvalue weighted by Gasteiger charge is -2.27. The Morgan fingerprint density at radius 2 is 1.87 bits per heavy atom. The Bertz CT molecular complexity index is 302. The quantitative estimate of drug-likeness (QED) is 0.778. The molecule has 1 rings (SSSR count). The average Bonchev–Trinajstić information content (AvgIpc) is 2.19. The molecule has 1 N–H and O–H groups in total. The van der Waals surface area contributed by atoms with Crippen LogP contribution in [0.25, 0.3) is 0 Å². The summed E-state index contributed by atoms with van der Waals surface area (Å²) in [5.41, 5.74) is 3.21. The van der Waals surface area contributed by atoms with Crippen LogP contribution in [0, 0.1) is 0 Å². The Balaban J connectivity index is 3.00. The van der Waals surface area contributed by atoms with Crippen LogP contribution in [0.2, 0.25) is 0 Å². The van der Waals surface area contributed by atoms with E-state index in [4.69, 9.17) is 0 Å². The van der Waals surface area contributed by atoms with Crippen LogP contribution in [0.15, 0.2) is 24.3 Å². The van der Waals surface area contributed by atoms with Gasteiger partial charge in [0.25, 0.3) is 0 Å². The van der Waals surface area contributed by atoms with Crippen molar-refractivity contribution < 1.29 is 0 Å². The molecule has 1 nitrogen and oxygen atoms in total. The van der Waals surface area contributed by atoms with Gasteiger partial charge in [-0.05, 0) is 24.6 Å². The molecule has 0 heterocycles. The number of hydrogen-bond donors (Lipinski definition) is 1. The molecule has 0 saturated heterocycles. The number of aryl methyl sites for hydroxylation is 1. The standard InChI is InChI=1S/C14H23N/c1-5-8-12-9-6-7-10-13(12)14(2,3)11-15-4/h6-7,9-10,15H,5,8,11H2,1-4H3. The van der Waals surface area contributed by atoms with Crippen molar-refractivity contribution in [2.45, 2.75) is 39.0 Å². The van der Waals surface area contributed by atoms with Crippen molar-refractivity contribution in [3.05, 3.63) is 35.4 Å². The van der Waals surface area contributed by atoms with Gasteiger partial charge in [0.1, 0.15) is 0 Å². The predicted octanol–water partition coefficient (Wildman–Crippen LogP) is 3.14. The van der Waals surface area contributed by atoms with E-state index in [9.17, 15) is 0 Å². The molecule has 0 amide bonds. The number of hydrogen-bond acceptors (Lipinski definition) is 1. The average molecular weight is 205 g/mol. The van der Waals surface area contributed by atoms with Gasteiger partial charge in [-0.1, -0.05) is 51.5 Å². The highest BCUT2D eigenvalue weighted by Gasteiger charge is 2.21. The van der Waals surface area contributed by atoms with Gasteiger partial charge in [-0.3, -0.25) is 0 Å². The summed E-state index contributed by atoms with van der Waals surface area (Å²) in [5.74, 6) is 0. The fourth-order valence-corrected chi connectivity index (χ4v) is 2.21. The van der Waals surface area contributed by atoms with Crippen LogP contribution < -0.4 is 5.32 Å². The van der Waals surface area contributed by atoms with E-state index < -0.39 is 0 Å². The maximum Gasteiger partial charge on any atom is 0.00402 e. The molecule has 15 heavy (non-hydrogen) atoms. The molecule has 1 aromatic carbocycles. The molecule has 0 aliphatic rings. The second-order valence-corrected chi connectivity index (χ2v) is 4.82. The van der Waals surface area contributed by atoms with E-state index in [1.54, 1.807) is 0 Å². The molecule has 0 unspecified atom stereocenters. The minimum atomic E-state index is 0.223. The number of benzene rings is 1. The molecule has 0 saturated carbocycles. The molecular weight excluding hydrogens is 182 g/mol. The lowest BCUT2D eigenvalue weighted by molar-refractivity contribution is 0.489. The van der Waals surface area contributed by atoms with Gasteiger partial charge in [0.05, 0.1) is 0 Å². The summed E-state index contributed by atoms with van der Waals surface area (Å²) in [4.78, 5) is 0.